The van der Waals surface area contributed by atoms with E-state index in [1.54, 1.807) is 0 Å². The Hall–Kier alpha value is 0.150. The third kappa shape index (κ3) is 4.57. The molecule has 0 saturated heterocycles. The van der Waals surface area contributed by atoms with E-state index in [2.05, 4.69) is 51.2 Å². The van der Waals surface area contributed by atoms with Gasteiger partial charge in [0.25, 0.3) is 0 Å². The second-order valence-corrected chi connectivity index (χ2v) is 7.10. The number of benzene rings is 1. The summed E-state index contributed by atoms with van der Waals surface area (Å²) >= 11 is 4.52. The Morgan fingerprint density at radius 2 is 1.69 bits per heavy atom. The van der Waals surface area contributed by atoms with Gasteiger partial charge in [-0.1, -0.05) is 0 Å². The Labute approximate surface area is 123 Å². The fourth-order valence-corrected chi connectivity index (χ4v) is 3.13. The van der Waals surface area contributed by atoms with Crippen LogP contribution in [0.4, 0.5) is 0 Å². The van der Waals surface area contributed by atoms with Gasteiger partial charge >= 0.3 is 5.97 Å². The van der Waals surface area contributed by atoms with E-state index in [0.29, 0.717) is 6.61 Å². The first kappa shape index (κ1) is 14.2. The maximum atomic E-state index is 11.6. The van der Waals surface area contributed by atoms with Crippen molar-refractivity contribution >= 4 is 51.2 Å². The number of halogens is 2. The van der Waals surface area contributed by atoms with Crippen molar-refractivity contribution in [1.29, 1.82) is 0 Å². The lowest BCUT2D eigenvalue weighted by Crippen LogP contribution is -2.22. The zero-order chi connectivity index (χ0) is 12.3. The van der Waals surface area contributed by atoms with Gasteiger partial charge in [-0.05, 0) is 89.7 Å². The molecule has 0 saturated carbocycles. The SMILES string of the molecule is CC(C)(C)C(=O)OCc1cc(I)cc(I)c1. The zero-order valence-electron chi connectivity index (χ0n) is 9.51. The van der Waals surface area contributed by atoms with Gasteiger partial charge in [0.15, 0.2) is 0 Å². The van der Waals surface area contributed by atoms with Crippen molar-refractivity contribution in [2.45, 2.75) is 27.4 Å². The molecule has 1 rings (SSSR count). The maximum Gasteiger partial charge on any atom is 0.311 e. The number of rotatable bonds is 2. The van der Waals surface area contributed by atoms with Crippen LogP contribution in [0.25, 0.3) is 0 Å². The van der Waals surface area contributed by atoms with Crippen LogP contribution in [0.5, 0.6) is 0 Å². The smallest absolute Gasteiger partial charge is 0.311 e. The van der Waals surface area contributed by atoms with Gasteiger partial charge in [-0.25, -0.2) is 0 Å². The number of hydrogen-bond acceptors (Lipinski definition) is 2. The van der Waals surface area contributed by atoms with E-state index in [1.807, 2.05) is 32.9 Å². The van der Waals surface area contributed by atoms with Crippen LogP contribution in [0.15, 0.2) is 18.2 Å². The summed E-state index contributed by atoms with van der Waals surface area (Å²) in [5, 5.41) is 0. The Morgan fingerprint density at radius 1 is 1.19 bits per heavy atom. The second-order valence-electron chi connectivity index (χ2n) is 4.60. The number of ether oxygens (including phenoxy) is 1. The topological polar surface area (TPSA) is 26.3 Å². The van der Waals surface area contributed by atoms with Crippen LogP contribution in [0.1, 0.15) is 26.3 Å². The number of hydrogen-bond donors (Lipinski definition) is 0. The summed E-state index contributed by atoms with van der Waals surface area (Å²) < 4.78 is 7.57. The van der Waals surface area contributed by atoms with Crippen LogP contribution >= 0.6 is 45.2 Å². The lowest BCUT2D eigenvalue weighted by molar-refractivity contribution is -0.154. The molecule has 0 atom stereocenters. The molecule has 0 radical (unpaired) electrons. The molecule has 0 aliphatic heterocycles. The predicted octanol–water partition coefficient (Wildman–Crippen LogP) is 3.99. The standard InChI is InChI=1S/C12H14I2O2/c1-12(2,3)11(15)16-7-8-4-9(13)6-10(14)5-8/h4-6H,7H2,1-3H3. The molecule has 0 heterocycles. The fraction of sp³-hybridized carbons (Fsp3) is 0.417. The first-order valence-corrected chi connectivity index (χ1v) is 7.07. The maximum absolute atomic E-state index is 11.6. The lowest BCUT2D eigenvalue weighted by atomic mass is 9.97. The molecule has 0 aliphatic carbocycles. The van der Waals surface area contributed by atoms with E-state index >= 15 is 0 Å². The third-order valence-corrected chi connectivity index (χ3v) is 3.15. The van der Waals surface area contributed by atoms with Gasteiger partial charge in [-0.15, -0.1) is 0 Å². The van der Waals surface area contributed by atoms with Crippen LogP contribution in [0.3, 0.4) is 0 Å². The van der Waals surface area contributed by atoms with E-state index in [9.17, 15) is 4.79 Å². The van der Waals surface area contributed by atoms with E-state index in [1.165, 1.54) is 0 Å². The minimum absolute atomic E-state index is 0.165. The minimum atomic E-state index is -0.435. The summed E-state index contributed by atoms with van der Waals surface area (Å²) in [7, 11) is 0. The molecule has 0 unspecified atom stereocenters. The van der Waals surface area contributed by atoms with Gasteiger partial charge in [-0.3, -0.25) is 4.79 Å². The Morgan fingerprint density at radius 3 is 2.12 bits per heavy atom. The first-order valence-electron chi connectivity index (χ1n) is 4.91. The van der Waals surface area contributed by atoms with Gasteiger partial charge in [0, 0.05) is 7.14 Å². The minimum Gasteiger partial charge on any atom is -0.460 e. The van der Waals surface area contributed by atoms with Crippen molar-refractivity contribution in [3.05, 3.63) is 30.9 Å². The van der Waals surface area contributed by atoms with E-state index < -0.39 is 5.41 Å². The molecule has 0 N–H and O–H groups in total. The average molecular weight is 444 g/mol. The monoisotopic (exact) mass is 444 g/mol. The van der Waals surface area contributed by atoms with Crippen LogP contribution in [0, 0.1) is 12.6 Å². The van der Waals surface area contributed by atoms with Crippen molar-refractivity contribution in [1.82, 2.24) is 0 Å². The highest BCUT2D eigenvalue weighted by Gasteiger charge is 2.22. The quantitative estimate of drug-likeness (QED) is 0.510. The molecule has 0 bridgehead atoms. The molecule has 0 spiro atoms. The molecular weight excluding hydrogens is 430 g/mol. The van der Waals surface area contributed by atoms with Crippen LogP contribution in [-0.2, 0) is 16.1 Å². The summed E-state index contributed by atoms with van der Waals surface area (Å²) in [6, 6.07) is 6.13. The van der Waals surface area contributed by atoms with E-state index in [4.69, 9.17) is 4.74 Å². The van der Waals surface area contributed by atoms with Crippen molar-refractivity contribution < 1.29 is 9.53 Å². The van der Waals surface area contributed by atoms with Gasteiger partial charge < -0.3 is 4.74 Å². The van der Waals surface area contributed by atoms with E-state index in [-0.39, 0.29) is 5.97 Å². The Kier molecular flexibility index (Phi) is 5.03. The van der Waals surface area contributed by atoms with Crippen molar-refractivity contribution in [2.24, 2.45) is 5.41 Å². The van der Waals surface area contributed by atoms with Crippen LogP contribution < -0.4 is 0 Å². The second kappa shape index (κ2) is 5.66. The molecule has 0 fully saturated rings. The largest absolute Gasteiger partial charge is 0.460 e. The fourth-order valence-electron chi connectivity index (χ4n) is 1.06. The van der Waals surface area contributed by atoms with Gasteiger partial charge in [0.05, 0.1) is 5.41 Å². The van der Waals surface area contributed by atoms with Gasteiger partial charge in [0.2, 0.25) is 0 Å². The number of carbonyl (C=O) groups is 1. The van der Waals surface area contributed by atoms with Gasteiger partial charge in [-0.2, -0.15) is 0 Å². The molecule has 2 nitrogen and oxygen atoms in total. The van der Waals surface area contributed by atoms with Gasteiger partial charge in [0.1, 0.15) is 6.61 Å². The van der Waals surface area contributed by atoms with Crippen LogP contribution in [0.2, 0.25) is 0 Å². The average Bonchev–Trinajstić information content (AvgIpc) is 2.11. The highest BCUT2D eigenvalue weighted by Crippen LogP contribution is 2.18. The van der Waals surface area contributed by atoms with Crippen LogP contribution in [-0.4, -0.2) is 5.97 Å². The normalized spacial score (nSPS) is 11.3. The molecule has 1 aromatic rings. The summed E-state index contributed by atoms with van der Waals surface area (Å²) in [5.74, 6) is -0.165. The first-order chi connectivity index (χ1) is 7.29. The van der Waals surface area contributed by atoms with Crippen molar-refractivity contribution in [3.8, 4) is 0 Å². The molecule has 16 heavy (non-hydrogen) atoms. The van der Waals surface area contributed by atoms with E-state index in [0.717, 1.165) is 12.7 Å². The Balaban J connectivity index is 2.65. The number of carbonyl (C=O) groups excluding carboxylic acids is 1. The lowest BCUT2D eigenvalue weighted by Gasteiger charge is -2.16. The van der Waals surface area contributed by atoms with Crippen molar-refractivity contribution in [2.75, 3.05) is 0 Å². The molecule has 0 amide bonds. The predicted molar refractivity (Wildman–Crippen MR) is 81.1 cm³/mol. The zero-order valence-corrected chi connectivity index (χ0v) is 13.8. The third-order valence-electron chi connectivity index (χ3n) is 1.90. The Bertz CT molecular complexity index is 374. The molecule has 0 aromatic heterocycles. The molecule has 88 valence electrons. The summed E-state index contributed by atoms with van der Waals surface area (Å²) in [6.07, 6.45) is 0. The summed E-state index contributed by atoms with van der Waals surface area (Å²) in [4.78, 5) is 11.6. The summed E-state index contributed by atoms with van der Waals surface area (Å²) in [5.41, 5.74) is 0.601. The van der Waals surface area contributed by atoms with Crippen molar-refractivity contribution in [3.63, 3.8) is 0 Å². The molecule has 0 aliphatic rings. The molecule has 1 aromatic carbocycles. The number of esters is 1. The molecule has 4 heteroatoms. The highest BCUT2D eigenvalue weighted by molar-refractivity contribution is 14.1. The summed E-state index contributed by atoms with van der Waals surface area (Å²) in [6.45, 7) is 5.92. The highest BCUT2D eigenvalue weighted by atomic mass is 127. The molecular formula is C12H14I2O2.